The van der Waals surface area contributed by atoms with Gasteiger partial charge < -0.3 is 20.2 Å². The SMILES string of the molecule is Oc1ccc(C2=Cc3cc4ccc(cc5ccc(cc6nc(cc2n3)C=C6)[nH]5)[nH]4)cc1O. The quantitative estimate of drug-likeness (QED) is 0.266. The van der Waals surface area contributed by atoms with Gasteiger partial charge in [-0.05, 0) is 84.5 Å². The average molecular weight is 418 g/mol. The number of phenols is 2. The van der Waals surface area contributed by atoms with Gasteiger partial charge in [-0.25, -0.2) is 9.97 Å². The highest BCUT2D eigenvalue weighted by Gasteiger charge is 2.15. The van der Waals surface area contributed by atoms with Crippen molar-refractivity contribution < 1.29 is 10.2 Å². The maximum atomic E-state index is 10.0. The van der Waals surface area contributed by atoms with E-state index in [1.165, 1.54) is 12.1 Å². The van der Waals surface area contributed by atoms with Crippen molar-refractivity contribution in [3.63, 3.8) is 0 Å². The van der Waals surface area contributed by atoms with Crippen molar-refractivity contribution in [2.24, 2.45) is 0 Å². The topological polar surface area (TPSA) is 97.8 Å². The summed E-state index contributed by atoms with van der Waals surface area (Å²) in [5, 5.41) is 19.7. The molecule has 0 atom stereocenters. The van der Waals surface area contributed by atoms with Gasteiger partial charge in [-0.1, -0.05) is 6.07 Å². The molecule has 8 bridgehead atoms. The summed E-state index contributed by atoms with van der Waals surface area (Å²) in [6, 6.07) is 20.8. The van der Waals surface area contributed by atoms with Gasteiger partial charge in [-0.15, -0.1) is 0 Å². The van der Waals surface area contributed by atoms with Crippen molar-refractivity contribution in [1.29, 1.82) is 0 Å². The van der Waals surface area contributed by atoms with Crippen molar-refractivity contribution in [2.75, 3.05) is 0 Å². The summed E-state index contributed by atoms with van der Waals surface area (Å²) in [7, 11) is 0. The lowest BCUT2D eigenvalue weighted by molar-refractivity contribution is 0.403. The van der Waals surface area contributed by atoms with Crippen molar-refractivity contribution in [3.05, 3.63) is 95.1 Å². The second-order valence-corrected chi connectivity index (χ2v) is 7.79. The molecule has 0 spiro atoms. The van der Waals surface area contributed by atoms with E-state index in [0.29, 0.717) is 0 Å². The van der Waals surface area contributed by atoms with E-state index in [9.17, 15) is 10.2 Å². The van der Waals surface area contributed by atoms with E-state index in [-0.39, 0.29) is 11.5 Å². The first-order valence-corrected chi connectivity index (χ1v) is 10.2. The molecule has 1 aromatic carbocycles. The van der Waals surface area contributed by atoms with E-state index in [0.717, 1.165) is 56.0 Å². The maximum Gasteiger partial charge on any atom is 0.158 e. The van der Waals surface area contributed by atoms with Gasteiger partial charge >= 0.3 is 0 Å². The Kier molecular flexibility index (Phi) is 3.98. The van der Waals surface area contributed by atoms with Crippen molar-refractivity contribution in [3.8, 4) is 11.5 Å². The fourth-order valence-electron chi connectivity index (χ4n) is 3.94. The Morgan fingerprint density at radius 1 is 0.562 bits per heavy atom. The normalized spacial score (nSPS) is 12.7. The van der Waals surface area contributed by atoms with E-state index in [2.05, 4.69) is 9.97 Å². The van der Waals surface area contributed by atoms with E-state index in [4.69, 9.17) is 9.97 Å². The Morgan fingerprint density at radius 2 is 1.19 bits per heavy atom. The number of benzene rings is 1. The van der Waals surface area contributed by atoms with Crippen LogP contribution in [-0.4, -0.2) is 30.1 Å². The molecule has 4 aromatic rings. The van der Waals surface area contributed by atoms with Gasteiger partial charge in [0.05, 0.1) is 22.8 Å². The summed E-state index contributed by atoms with van der Waals surface area (Å²) in [6.07, 6.45) is 5.88. The zero-order chi connectivity index (χ0) is 21.7. The van der Waals surface area contributed by atoms with Gasteiger partial charge in [0, 0.05) is 27.6 Å². The third-order valence-electron chi connectivity index (χ3n) is 5.45. The van der Waals surface area contributed by atoms with Crippen molar-refractivity contribution in [1.82, 2.24) is 19.9 Å². The van der Waals surface area contributed by atoms with Crippen molar-refractivity contribution in [2.45, 2.75) is 0 Å². The molecular formula is C26H18N4O2. The van der Waals surface area contributed by atoms with Gasteiger partial charge in [-0.3, -0.25) is 0 Å². The van der Waals surface area contributed by atoms with Gasteiger partial charge in [0.2, 0.25) is 0 Å². The Bertz CT molecular complexity index is 1610. The number of nitrogens with zero attached hydrogens (tertiary/aromatic N) is 2. The largest absolute Gasteiger partial charge is 0.504 e. The van der Waals surface area contributed by atoms with E-state index < -0.39 is 0 Å². The van der Waals surface area contributed by atoms with Crippen LogP contribution in [0.4, 0.5) is 0 Å². The number of nitrogens with one attached hydrogen (secondary N) is 2. The minimum absolute atomic E-state index is 0.156. The molecule has 0 amide bonds. The monoisotopic (exact) mass is 418 g/mol. The summed E-state index contributed by atoms with van der Waals surface area (Å²) < 4.78 is 0. The van der Waals surface area contributed by atoms with Gasteiger partial charge in [0.1, 0.15) is 0 Å². The highest BCUT2D eigenvalue weighted by atomic mass is 16.3. The summed E-state index contributed by atoms with van der Waals surface area (Å²) in [4.78, 5) is 16.3. The molecule has 6 rings (SSSR count). The second kappa shape index (κ2) is 6.99. The van der Waals surface area contributed by atoms with Gasteiger partial charge in [0.25, 0.3) is 0 Å². The van der Waals surface area contributed by atoms with Crippen LogP contribution in [0.3, 0.4) is 0 Å². The predicted octanol–water partition coefficient (Wildman–Crippen LogP) is 5.49. The molecule has 32 heavy (non-hydrogen) atoms. The molecule has 6 nitrogen and oxygen atoms in total. The maximum absolute atomic E-state index is 10.0. The lowest BCUT2D eigenvalue weighted by atomic mass is 10.0. The number of rotatable bonds is 1. The summed E-state index contributed by atoms with van der Waals surface area (Å²) >= 11 is 0. The number of aromatic nitrogens is 4. The van der Waals surface area contributed by atoms with Crippen LogP contribution in [0.15, 0.2) is 66.7 Å². The minimum atomic E-state index is -0.170. The van der Waals surface area contributed by atoms with Crippen LogP contribution >= 0.6 is 0 Å². The van der Waals surface area contributed by atoms with E-state index in [1.807, 2.05) is 66.8 Å². The molecule has 0 unspecified atom stereocenters. The van der Waals surface area contributed by atoms with Crippen LogP contribution in [0.1, 0.15) is 28.3 Å². The summed E-state index contributed by atoms with van der Waals surface area (Å²) in [6.45, 7) is 0. The molecule has 2 aliphatic heterocycles. The standard InChI is InChI=1S/C26H18N4O2/c31-25-8-1-15(9-26(25)32)23-13-22-12-20-5-4-18(28-20)10-16-2-3-17(27-16)11-19-6-7-21(29-19)14-24(23)30-22/h1-14,27-28,31-32H. The fourth-order valence-corrected chi connectivity index (χ4v) is 3.94. The predicted molar refractivity (Wildman–Crippen MR) is 127 cm³/mol. The molecule has 5 heterocycles. The van der Waals surface area contributed by atoms with Crippen LogP contribution in [0.2, 0.25) is 0 Å². The number of hydrogen-bond donors (Lipinski definition) is 4. The van der Waals surface area contributed by atoms with Crippen LogP contribution in [0, 0.1) is 0 Å². The number of aromatic amines is 2. The van der Waals surface area contributed by atoms with Crippen molar-refractivity contribution >= 4 is 45.9 Å². The Labute approximate surface area is 182 Å². The van der Waals surface area contributed by atoms with Crippen LogP contribution in [-0.2, 0) is 0 Å². The number of hydrogen-bond acceptors (Lipinski definition) is 4. The molecule has 154 valence electrons. The molecule has 0 saturated heterocycles. The molecule has 0 fully saturated rings. The first kappa shape index (κ1) is 18.2. The fraction of sp³-hybridized carbons (Fsp3) is 0. The zero-order valence-corrected chi connectivity index (χ0v) is 16.9. The van der Waals surface area contributed by atoms with Gasteiger partial charge in [-0.2, -0.15) is 0 Å². The molecular weight excluding hydrogens is 400 g/mol. The second-order valence-electron chi connectivity index (χ2n) is 7.79. The third kappa shape index (κ3) is 3.33. The third-order valence-corrected chi connectivity index (χ3v) is 5.45. The summed E-state index contributed by atoms with van der Waals surface area (Å²) in [5.74, 6) is -0.326. The highest BCUT2D eigenvalue weighted by Crippen LogP contribution is 2.34. The molecule has 2 aliphatic rings. The molecule has 3 aromatic heterocycles. The van der Waals surface area contributed by atoms with Crippen LogP contribution < -0.4 is 0 Å². The number of phenolic OH excluding ortho intramolecular Hbond substituents is 2. The minimum Gasteiger partial charge on any atom is -0.504 e. The van der Waals surface area contributed by atoms with Crippen LogP contribution in [0.5, 0.6) is 11.5 Å². The molecule has 0 aliphatic carbocycles. The number of fused-ring (bicyclic) bond motifs is 8. The first-order valence-electron chi connectivity index (χ1n) is 10.2. The Morgan fingerprint density at radius 3 is 1.88 bits per heavy atom. The molecule has 6 heteroatoms. The summed E-state index contributed by atoms with van der Waals surface area (Å²) in [5.41, 5.74) is 8.63. The lowest BCUT2D eigenvalue weighted by Gasteiger charge is -2.04. The Balaban J connectivity index is 1.63. The lowest BCUT2D eigenvalue weighted by Crippen LogP contribution is -1.86. The van der Waals surface area contributed by atoms with E-state index >= 15 is 0 Å². The van der Waals surface area contributed by atoms with E-state index in [1.54, 1.807) is 6.07 Å². The average Bonchev–Trinajstić information content (AvgIpc) is 3.55. The molecule has 4 N–H and O–H groups in total. The van der Waals surface area contributed by atoms with Crippen LogP contribution in [0.25, 0.3) is 45.9 Å². The number of aromatic hydroxyl groups is 2. The molecule has 0 saturated carbocycles. The molecule has 0 radical (unpaired) electrons. The van der Waals surface area contributed by atoms with Gasteiger partial charge in [0.15, 0.2) is 11.5 Å². The number of H-pyrrole nitrogens is 2. The Hall–Kier alpha value is -4.58. The zero-order valence-electron chi connectivity index (χ0n) is 16.9. The highest BCUT2D eigenvalue weighted by molar-refractivity contribution is 5.93. The first-order chi connectivity index (χ1) is 15.6. The smallest absolute Gasteiger partial charge is 0.158 e.